The van der Waals surface area contributed by atoms with E-state index in [2.05, 4.69) is 0 Å². The minimum absolute atomic E-state index is 0.0100. The van der Waals surface area contributed by atoms with E-state index in [1.165, 1.54) is 0 Å². The van der Waals surface area contributed by atoms with Gasteiger partial charge in [0.25, 0.3) is 0 Å². The van der Waals surface area contributed by atoms with Crippen LogP contribution in [0.5, 0.6) is 11.5 Å². The zero-order valence-corrected chi connectivity index (χ0v) is 18.2. The minimum atomic E-state index is -0.393. The van der Waals surface area contributed by atoms with Crippen LogP contribution in [-0.2, 0) is 0 Å². The quantitative estimate of drug-likeness (QED) is 0.510. The summed E-state index contributed by atoms with van der Waals surface area (Å²) in [6.07, 6.45) is 4.56. The molecule has 2 aliphatic heterocycles. The number of aromatic hydroxyl groups is 1. The molecule has 1 atom stereocenters. The summed E-state index contributed by atoms with van der Waals surface area (Å²) < 4.78 is 6.00. The molecule has 156 valence electrons. The van der Waals surface area contributed by atoms with E-state index < -0.39 is 5.60 Å². The standard InChI is InChI=1S/C26H23ClN2O2/c1-26(2)15-14-21-24(31-26)13-12-20(25(21)30)22-16-23(17-8-10-18(27)11-9-17)29(28-22)19-6-4-3-5-7-19/h3-15,23,30H,16H2,1-2H3. The van der Waals surface area contributed by atoms with E-state index in [0.29, 0.717) is 22.8 Å². The molecule has 0 saturated heterocycles. The van der Waals surface area contributed by atoms with Crippen molar-refractivity contribution in [3.05, 3.63) is 94.5 Å². The van der Waals surface area contributed by atoms with Gasteiger partial charge in [0.15, 0.2) is 0 Å². The van der Waals surface area contributed by atoms with Crippen LogP contribution in [0.3, 0.4) is 0 Å². The molecule has 31 heavy (non-hydrogen) atoms. The zero-order chi connectivity index (χ0) is 21.6. The Kier molecular flexibility index (Phi) is 4.75. The Bertz CT molecular complexity index is 1180. The third-order valence-electron chi connectivity index (χ3n) is 5.70. The van der Waals surface area contributed by atoms with Crippen LogP contribution in [0.2, 0.25) is 5.02 Å². The molecule has 0 bridgehead atoms. The lowest BCUT2D eigenvalue weighted by atomic mass is 9.94. The Morgan fingerprint density at radius 2 is 1.77 bits per heavy atom. The van der Waals surface area contributed by atoms with Crippen molar-refractivity contribution < 1.29 is 9.84 Å². The number of phenols is 1. The number of fused-ring (bicyclic) bond motifs is 1. The highest BCUT2D eigenvalue weighted by atomic mass is 35.5. The summed E-state index contributed by atoms with van der Waals surface area (Å²) in [5, 5.41) is 18.7. The average Bonchev–Trinajstić information content (AvgIpc) is 3.19. The van der Waals surface area contributed by atoms with Crippen LogP contribution >= 0.6 is 11.6 Å². The van der Waals surface area contributed by atoms with Gasteiger partial charge in [-0.15, -0.1) is 0 Å². The second-order valence-electron chi connectivity index (χ2n) is 8.41. The maximum atomic E-state index is 11.1. The lowest BCUT2D eigenvalue weighted by Crippen LogP contribution is -2.27. The first-order valence-corrected chi connectivity index (χ1v) is 10.7. The molecule has 4 nitrogen and oxygen atoms in total. The Morgan fingerprint density at radius 3 is 2.52 bits per heavy atom. The molecule has 0 saturated carbocycles. The van der Waals surface area contributed by atoms with Crippen molar-refractivity contribution in [1.29, 1.82) is 0 Å². The number of anilines is 1. The molecule has 0 spiro atoms. The van der Waals surface area contributed by atoms with E-state index in [0.717, 1.165) is 22.5 Å². The molecule has 5 rings (SSSR count). The number of nitrogens with zero attached hydrogens (tertiary/aromatic N) is 2. The maximum Gasteiger partial charge on any atom is 0.135 e. The lowest BCUT2D eigenvalue weighted by molar-refractivity contribution is 0.158. The van der Waals surface area contributed by atoms with Crippen molar-refractivity contribution in [2.45, 2.75) is 31.9 Å². The van der Waals surface area contributed by atoms with Gasteiger partial charge in [-0.1, -0.05) is 41.9 Å². The normalized spacial score (nSPS) is 19.0. The fourth-order valence-electron chi connectivity index (χ4n) is 4.11. The summed E-state index contributed by atoms with van der Waals surface area (Å²) in [7, 11) is 0. The SMILES string of the molecule is CC1(C)C=Cc2c(ccc(C3=NN(c4ccccc4)C(c4ccc(Cl)cc4)C3)c2O)O1. The number of benzene rings is 3. The van der Waals surface area contributed by atoms with Crippen LogP contribution in [0.25, 0.3) is 6.08 Å². The number of phenolic OH excluding ortho intramolecular Hbond substituents is 1. The van der Waals surface area contributed by atoms with Crippen LogP contribution in [0.1, 0.15) is 43.0 Å². The van der Waals surface area contributed by atoms with E-state index in [4.69, 9.17) is 21.4 Å². The van der Waals surface area contributed by atoms with E-state index in [1.54, 1.807) is 0 Å². The summed E-state index contributed by atoms with van der Waals surface area (Å²) in [5.41, 5.74) is 3.98. The van der Waals surface area contributed by atoms with E-state index in [1.807, 2.05) is 97.7 Å². The van der Waals surface area contributed by atoms with Crippen molar-refractivity contribution in [1.82, 2.24) is 0 Å². The van der Waals surface area contributed by atoms with Gasteiger partial charge in [-0.3, -0.25) is 5.01 Å². The van der Waals surface area contributed by atoms with Gasteiger partial charge < -0.3 is 9.84 Å². The first kappa shape index (κ1) is 19.7. The van der Waals surface area contributed by atoms with Gasteiger partial charge in [0.05, 0.1) is 23.0 Å². The van der Waals surface area contributed by atoms with Crippen molar-refractivity contribution in [3.8, 4) is 11.5 Å². The monoisotopic (exact) mass is 430 g/mol. The highest BCUT2D eigenvalue weighted by molar-refractivity contribution is 6.30. The summed E-state index contributed by atoms with van der Waals surface area (Å²) in [6.45, 7) is 3.99. The molecule has 1 N–H and O–H groups in total. The van der Waals surface area contributed by atoms with Gasteiger partial charge in [-0.05, 0) is 68.0 Å². The van der Waals surface area contributed by atoms with Crippen LogP contribution in [0.4, 0.5) is 5.69 Å². The Balaban J connectivity index is 1.56. The number of hydrazone groups is 1. The molecule has 2 aliphatic rings. The Morgan fingerprint density at radius 1 is 1.03 bits per heavy atom. The minimum Gasteiger partial charge on any atom is -0.506 e. The fourth-order valence-corrected chi connectivity index (χ4v) is 4.24. The second-order valence-corrected chi connectivity index (χ2v) is 8.85. The highest BCUT2D eigenvalue weighted by Crippen LogP contribution is 2.42. The summed E-state index contributed by atoms with van der Waals surface area (Å²) in [4.78, 5) is 0. The number of halogens is 1. The number of para-hydroxylation sites is 1. The van der Waals surface area contributed by atoms with Crippen LogP contribution in [0, 0.1) is 0 Å². The smallest absolute Gasteiger partial charge is 0.135 e. The first-order chi connectivity index (χ1) is 14.9. The largest absolute Gasteiger partial charge is 0.506 e. The lowest BCUT2D eigenvalue weighted by Gasteiger charge is -2.28. The van der Waals surface area contributed by atoms with Crippen molar-refractivity contribution in [2.75, 3.05) is 5.01 Å². The zero-order valence-electron chi connectivity index (χ0n) is 17.4. The van der Waals surface area contributed by atoms with E-state index in [-0.39, 0.29) is 11.8 Å². The summed E-state index contributed by atoms with van der Waals surface area (Å²) in [6, 6.07) is 21.8. The van der Waals surface area contributed by atoms with Gasteiger partial charge >= 0.3 is 0 Å². The molecule has 0 aliphatic carbocycles. The number of ether oxygens (including phenoxy) is 1. The molecule has 1 unspecified atom stereocenters. The molecule has 0 amide bonds. The highest BCUT2D eigenvalue weighted by Gasteiger charge is 2.32. The van der Waals surface area contributed by atoms with Crippen molar-refractivity contribution >= 4 is 29.1 Å². The van der Waals surface area contributed by atoms with Gasteiger partial charge in [-0.2, -0.15) is 5.10 Å². The molecule has 2 heterocycles. The second kappa shape index (κ2) is 7.47. The Hall–Kier alpha value is -3.24. The predicted octanol–water partition coefficient (Wildman–Crippen LogP) is 6.59. The van der Waals surface area contributed by atoms with E-state index in [9.17, 15) is 5.11 Å². The Labute approximate surface area is 187 Å². The molecule has 3 aromatic carbocycles. The van der Waals surface area contributed by atoms with Crippen molar-refractivity contribution in [2.24, 2.45) is 5.10 Å². The van der Waals surface area contributed by atoms with Gasteiger partial charge in [-0.25, -0.2) is 0 Å². The summed E-state index contributed by atoms with van der Waals surface area (Å²) >= 11 is 6.11. The van der Waals surface area contributed by atoms with Gasteiger partial charge in [0, 0.05) is 17.0 Å². The third-order valence-corrected chi connectivity index (χ3v) is 5.95. The molecule has 5 heteroatoms. The van der Waals surface area contributed by atoms with Gasteiger partial charge in [0.1, 0.15) is 17.1 Å². The third kappa shape index (κ3) is 3.68. The summed E-state index contributed by atoms with van der Waals surface area (Å²) in [5.74, 6) is 0.884. The van der Waals surface area contributed by atoms with Crippen LogP contribution in [0.15, 0.2) is 77.9 Å². The topological polar surface area (TPSA) is 45.1 Å². The average molecular weight is 431 g/mol. The van der Waals surface area contributed by atoms with Crippen molar-refractivity contribution in [3.63, 3.8) is 0 Å². The number of rotatable bonds is 3. The number of hydrogen-bond acceptors (Lipinski definition) is 4. The molecule has 0 aromatic heterocycles. The van der Waals surface area contributed by atoms with Crippen LogP contribution < -0.4 is 9.75 Å². The predicted molar refractivity (Wildman–Crippen MR) is 126 cm³/mol. The molecule has 0 radical (unpaired) electrons. The first-order valence-electron chi connectivity index (χ1n) is 10.3. The van der Waals surface area contributed by atoms with Gasteiger partial charge in [0.2, 0.25) is 0 Å². The molecular weight excluding hydrogens is 408 g/mol. The molecule has 0 fully saturated rings. The maximum absolute atomic E-state index is 11.1. The number of hydrogen-bond donors (Lipinski definition) is 1. The molecule has 3 aromatic rings. The fraction of sp³-hybridized carbons (Fsp3) is 0.192. The molecular formula is C26H23ClN2O2. The van der Waals surface area contributed by atoms with E-state index >= 15 is 0 Å². The van der Waals surface area contributed by atoms with Crippen LogP contribution in [-0.4, -0.2) is 16.4 Å².